The van der Waals surface area contributed by atoms with E-state index in [0.717, 1.165) is 16.6 Å². The first kappa shape index (κ1) is 15.7. The number of rotatable bonds is 5. The fourth-order valence-electron chi connectivity index (χ4n) is 2.27. The number of anilines is 1. The van der Waals surface area contributed by atoms with Crippen molar-refractivity contribution in [1.29, 1.82) is 0 Å². The van der Waals surface area contributed by atoms with Gasteiger partial charge in [-0.15, -0.1) is 10.2 Å². The minimum Gasteiger partial charge on any atom is -0.341 e. The first-order valence-electron chi connectivity index (χ1n) is 7.71. The summed E-state index contributed by atoms with van der Waals surface area (Å²) in [6.07, 6.45) is 0. The Morgan fingerprint density at radius 3 is 2.30 bits per heavy atom. The molecule has 1 N–H and O–H groups in total. The summed E-state index contributed by atoms with van der Waals surface area (Å²) in [4.78, 5) is 4.76. The molecule has 1 atom stereocenters. The normalized spacial score (nSPS) is 19.9. The van der Waals surface area contributed by atoms with Gasteiger partial charge in [0.15, 0.2) is 0 Å². The Morgan fingerprint density at radius 2 is 1.65 bits per heavy atom. The molecule has 3 rings (SSSR count). The fraction of sp³-hybridized carbons (Fsp3) is 0.278. The van der Waals surface area contributed by atoms with Gasteiger partial charge in [-0.05, 0) is 17.7 Å². The van der Waals surface area contributed by atoms with Crippen LogP contribution in [0.1, 0.15) is 19.4 Å². The van der Waals surface area contributed by atoms with Crippen LogP contribution in [0, 0.1) is 5.92 Å². The van der Waals surface area contributed by atoms with Crippen LogP contribution < -0.4 is 5.32 Å². The van der Waals surface area contributed by atoms with E-state index in [4.69, 9.17) is 4.99 Å². The molecule has 23 heavy (non-hydrogen) atoms. The van der Waals surface area contributed by atoms with E-state index in [9.17, 15) is 0 Å². The Labute approximate surface area is 141 Å². The molecule has 0 amide bonds. The predicted molar refractivity (Wildman–Crippen MR) is 97.7 cm³/mol. The van der Waals surface area contributed by atoms with Crippen LogP contribution in [-0.2, 0) is 5.75 Å². The number of nitrogens with zero attached hydrogens (tertiary/aromatic N) is 3. The van der Waals surface area contributed by atoms with Gasteiger partial charge >= 0.3 is 0 Å². The van der Waals surface area contributed by atoms with E-state index in [-0.39, 0.29) is 5.92 Å². The second-order valence-electron chi connectivity index (χ2n) is 5.74. The van der Waals surface area contributed by atoms with Gasteiger partial charge in [0.25, 0.3) is 0 Å². The summed E-state index contributed by atoms with van der Waals surface area (Å²) in [5.41, 5.74) is 2.26. The molecule has 1 unspecified atom stereocenters. The Hall–Kier alpha value is -2.14. The largest absolute Gasteiger partial charge is 0.341 e. The highest BCUT2D eigenvalue weighted by molar-refractivity contribution is 8.13. The number of hydrogen-bond donors (Lipinski definition) is 1. The molecule has 0 saturated carbocycles. The van der Waals surface area contributed by atoms with Gasteiger partial charge < -0.3 is 5.32 Å². The summed E-state index contributed by atoms with van der Waals surface area (Å²) in [6.45, 7) is 4.20. The lowest BCUT2D eigenvalue weighted by Crippen LogP contribution is -2.38. The Morgan fingerprint density at radius 1 is 1.00 bits per heavy atom. The third-order valence-corrected chi connectivity index (χ3v) is 4.58. The standard InChI is InChI=1S/C18H20N4S/c1-14(2)18(19-16-11-7-4-8-12-16)20-17(21-22-18)23-13-15-9-5-3-6-10-15/h3-12,14,19H,13H2,1-2H3. The molecule has 2 aromatic rings. The first-order chi connectivity index (χ1) is 11.2. The Balaban J connectivity index is 1.72. The number of azo groups is 1. The van der Waals surface area contributed by atoms with Crippen molar-refractivity contribution in [3.8, 4) is 0 Å². The Bertz CT molecular complexity index is 697. The summed E-state index contributed by atoms with van der Waals surface area (Å²) in [7, 11) is 0. The van der Waals surface area contributed by atoms with Gasteiger partial charge in [-0.1, -0.05) is 74.1 Å². The van der Waals surface area contributed by atoms with Crippen LogP contribution in [0.4, 0.5) is 5.69 Å². The molecule has 0 saturated heterocycles. The van der Waals surface area contributed by atoms with Gasteiger partial charge in [0.2, 0.25) is 11.0 Å². The maximum atomic E-state index is 4.76. The molecule has 1 aliphatic rings. The molecule has 0 aromatic heterocycles. The van der Waals surface area contributed by atoms with Crippen molar-refractivity contribution < 1.29 is 0 Å². The molecule has 118 valence electrons. The first-order valence-corrected chi connectivity index (χ1v) is 8.69. The molecule has 1 aliphatic heterocycles. The van der Waals surface area contributed by atoms with Crippen LogP contribution in [0.15, 0.2) is 75.9 Å². The van der Waals surface area contributed by atoms with Gasteiger partial charge in [-0.25, -0.2) is 4.99 Å². The lowest BCUT2D eigenvalue weighted by atomic mass is 10.1. The maximum Gasteiger partial charge on any atom is 0.249 e. The van der Waals surface area contributed by atoms with E-state index in [2.05, 4.69) is 41.5 Å². The highest BCUT2D eigenvalue weighted by Crippen LogP contribution is 2.33. The summed E-state index contributed by atoms with van der Waals surface area (Å²) < 4.78 is 0. The Kier molecular flexibility index (Phi) is 4.76. The third kappa shape index (κ3) is 3.79. The quantitative estimate of drug-likeness (QED) is 0.825. The van der Waals surface area contributed by atoms with Crippen LogP contribution in [0.5, 0.6) is 0 Å². The molecule has 4 nitrogen and oxygen atoms in total. The molecular weight excluding hydrogens is 304 g/mol. The highest BCUT2D eigenvalue weighted by atomic mass is 32.2. The molecule has 2 aromatic carbocycles. The summed E-state index contributed by atoms with van der Waals surface area (Å²) in [6, 6.07) is 20.4. The average Bonchev–Trinajstić information content (AvgIpc) is 2.99. The van der Waals surface area contributed by atoms with Crippen molar-refractivity contribution in [2.75, 3.05) is 5.32 Å². The smallest absolute Gasteiger partial charge is 0.249 e. The predicted octanol–water partition coefficient (Wildman–Crippen LogP) is 5.16. The maximum absolute atomic E-state index is 4.76. The number of aliphatic imine (C=N–C) groups is 1. The summed E-state index contributed by atoms with van der Waals surface area (Å²) in [5.74, 6) is 0.333. The van der Waals surface area contributed by atoms with Gasteiger partial charge in [-0.2, -0.15) is 0 Å². The van der Waals surface area contributed by atoms with E-state index in [1.807, 2.05) is 48.5 Å². The van der Waals surface area contributed by atoms with Crippen molar-refractivity contribution in [2.45, 2.75) is 25.4 Å². The number of nitrogens with one attached hydrogen (secondary N) is 1. The molecule has 5 heteroatoms. The van der Waals surface area contributed by atoms with Crippen LogP contribution in [0.3, 0.4) is 0 Å². The van der Waals surface area contributed by atoms with E-state index in [1.54, 1.807) is 11.8 Å². The van der Waals surface area contributed by atoms with Gasteiger partial charge in [-0.3, -0.25) is 0 Å². The lowest BCUT2D eigenvalue weighted by Gasteiger charge is -2.27. The van der Waals surface area contributed by atoms with Gasteiger partial charge in [0, 0.05) is 17.4 Å². The van der Waals surface area contributed by atoms with Crippen LogP contribution in [0.2, 0.25) is 0 Å². The second-order valence-corrected chi connectivity index (χ2v) is 6.68. The molecule has 0 radical (unpaired) electrons. The molecule has 0 aliphatic carbocycles. The van der Waals surface area contributed by atoms with Crippen molar-refractivity contribution in [3.05, 3.63) is 66.2 Å². The lowest BCUT2D eigenvalue weighted by molar-refractivity contribution is 0.370. The summed E-state index contributed by atoms with van der Waals surface area (Å²) in [5, 5.41) is 12.9. The zero-order chi connectivity index (χ0) is 16.1. The van der Waals surface area contributed by atoms with Crippen molar-refractivity contribution in [1.82, 2.24) is 0 Å². The number of amidine groups is 1. The average molecular weight is 324 g/mol. The van der Waals surface area contributed by atoms with Crippen molar-refractivity contribution >= 4 is 22.6 Å². The molecule has 0 fully saturated rings. The number of hydrogen-bond acceptors (Lipinski definition) is 5. The molecule has 0 bridgehead atoms. The molecular formula is C18H20N4S. The monoisotopic (exact) mass is 324 g/mol. The zero-order valence-electron chi connectivity index (χ0n) is 13.3. The van der Waals surface area contributed by atoms with E-state index in [0.29, 0.717) is 0 Å². The van der Waals surface area contributed by atoms with Crippen molar-refractivity contribution in [3.63, 3.8) is 0 Å². The van der Waals surface area contributed by atoms with Crippen molar-refractivity contribution in [2.24, 2.45) is 21.1 Å². The van der Waals surface area contributed by atoms with Crippen LogP contribution in [0.25, 0.3) is 0 Å². The summed E-state index contributed by atoms with van der Waals surface area (Å²) >= 11 is 1.62. The topological polar surface area (TPSA) is 49.1 Å². The number of thioether (sulfide) groups is 1. The minimum atomic E-state index is -0.708. The second kappa shape index (κ2) is 6.96. The van der Waals surface area contributed by atoms with E-state index >= 15 is 0 Å². The van der Waals surface area contributed by atoms with Crippen LogP contribution in [-0.4, -0.2) is 11.0 Å². The number of para-hydroxylation sites is 1. The highest BCUT2D eigenvalue weighted by Gasteiger charge is 2.37. The molecule has 1 heterocycles. The molecule has 0 spiro atoms. The van der Waals surface area contributed by atoms with Crippen LogP contribution >= 0.6 is 11.8 Å². The van der Waals surface area contributed by atoms with Gasteiger partial charge in [0.05, 0.1) is 0 Å². The SMILES string of the molecule is CC(C)C1(Nc2ccccc2)N=NC(SCc2ccccc2)=N1. The minimum absolute atomic E-state index is 0.196. The van der Waals surface area contributed by atoms with E-state index < -0.39 is 5.79 Å². The zero-order valence-corrected chi connectivity index (χ0v) is 14.1. The van der Waals surface area contributed by atoms with Gasteiger partial charge in [0.1, 0.15) is 0 Å². The van der Waals surface area contributed by atoms with E-state index in [1.165, 1.54) is 5.56 Å². The number of benzene rings is 2. The third-order valence-electron chi connectivity index (χ3n) is 3.67. The fourth-order valence-corrected chi connectivity index (χ4v) is 3.06.